The van der Waals surface area contributed by atoms with Crippen LogP contribution in [0.25, 0.3) is 0 Å². The Morgan fingerprint density at radius 3 is 2.84 bits per heavy atom. The van der Waals surface area contributed by atoms with E-state index in [1.165, 1.54) is 20.0 Å². The number of benzene rings is 1. The van der Waals surface area contributed by atoms with Gasteiger partial charge in [-0.05, 0) is 31.5 Å². The van der Waals surface area contributed by atoms with Crippen molar-refractivity contribution < 1.29 is 19.4 Å². The minimum absolute atomic E-state index is 0.000357. The summed E-state index contributed by atoms with van der Waals surface area (Å²) >= 11 is 0. The third-order valence-electron chi connectivity index (χ3n) is 4.83. The summed E-state index contributed by atoms with van der Waals surface area (Å²) in [6.07, 6.45) is 8.60. The lowest BCUT2D eigenvalue weighted by Crippen LogP contribution is -2.20. The van der Waals surface area contributed by atoms with Gasteiger partial charge in [0, 0.05) is 12.6 Å². The van der Waals surface area contributed by atoms with Crippen molar-refractivity contribution in [2.45, 2.75) is 19.4 Å². The van der Waals surface area contributed by atoms with Crippen LogP contribution in [0, 0.1) is 18.3 Å². The third-order valence-corrected chi connectivity index (χ3v) is 4.83. The normalized spacial score (nSPS) is 15.1. The molecule has 1 aromatic carbocycles. The molecule has 1 atom stereocenters. The van der Waals surface area contributed by atoms with E-state index in [4.69, 9.17) is 9.47 Å². The van der Waals surface area contributed by atoms with Crippen molar-refractivity contribution in [3.05, 3.63) is 75.6 Å². The molecule has 1 aliphatic carbocycles. The first kappa shape index (κ1) is 22.7. The third kappa shape index (κ3) is 5.17. The Morgan fingerprint density at radius 2 is 2.12 bits per heavy atom. The number of nitriles is 1. The van der Waals surface area contributed by atoms with Crippen molar-refractivity contribution in [2.75, 3.05) is 13.2 Å². The molecule has 32 heavy (non-hydrogen) atoms. The van der Waals surface area contributed by atoms with Gasteiger partial charge in [0.15, 0.2) is 5.69 Å². The Kier molecular flexibility index (Phi) is 7.31. The summed E-state index contributed by atoms with van der Waals surface area (Å²) in [5.74, 6) is -0.938. The molecular weight excluding hydrogens is 412 g/mol. The Bertz CT molecular complexity index is 1200. The van der Waals surface area contributed by atoms with Crippen LogP contribution in [0.4, 0.5) is 11.4 Å². The van der Waals surface area contributed by atoms with E-state index in [1.807, 2.05) is 30.4 Å². The maximum atomic E-state index is 12.3. The number of carbonyl (C=O) groups excluding carboxylic acids is 1. The van der Waals surface area contributed by atoms with Gasteiger partial charge in [-0.2, -0.15) is 10.4 Å². The summed E-state index contributed by atoms with van der Waals surface area (Å²) in [4.78, 5) is 24.3. The quantitative estimate of drug-likeness (QED) is 0.402. The molecule has 9 nitrogen and oxygen atoms in total. The van der Waals surface area contributed by atoms with Gasteiger partial charge in [0.05, 0.1) is 24.0 Å². The van der Waals surface area contributed by atoms with Crippen molar-refractivity contribution >= 4 is 17.3 Å². The van der Waals surface area contributed by atoms with E-state index in [-0.39, 0.29) is 41.7 Å². The highest BCUT2D eigenvalue weighted by molar-refractivity contribution is 5.90. The van der Waals surface area contributed by atoms with Crippen LogP contribution in [-0.2, 0) is 16.5 Å². The number of azo groups is 1. The highest BCUT2D eigenvalue weighted by Crippen LogP contribution is 2.31. The first-order chi connectivity index (χ1) is 15.4. The van der Waals surface area contributed by atoms with Crippen molar-refractivity contribution in [1.29, 1.82) is 5.26 Å². The van der Waals surface area contributed by atoms with Gasteiger partial charge < -0.3 is 14.6 Å². The van der Waals surface area contributed by atoms with Gasteiger partial charge in [-0.25, -0.2) is 4.79 Å². The van der Waals surface area contributed by atoms with Crippen LogP contribution < -0.4 is 5.56 Å². The standard InChI is InChI=1S/C23H22N4O5/c1-15-19(14-24)21(28)27(2)22(29)20(15)26-25-17-8-6-7-16(13-17)23(30)32-12-11-31-18-9-4-3-5-10-18/h3-9,13,18,29H,10-12H2,1-2H3/b26-25+. The molecule has 1 aromatic heterocycles. The zero-order chi connectivity index (χ0) is 23.1. The van der Waals surface area contributed by atoms with E-state index in [2.05, 4.69) is 10.2 Å². The van der Waals surface area contributed by atoms with Crippen LogP contribution in [-0.4, -0.2) is 35.0 Å². The molecule has 9 heteroatoms. The summed E-state index contributed by atoms with van der Waals surface area (Å²) in [7, 11) is 1.33. The van der Waals surface area contributed by atoms with E-state index in [0.717, 1.165) is 11.0 Å². The molecule has 0 spiro atoms. The second-order valence-electron chi connectivity index (χ2n) is 6.99. The minimum Gasteiger partial charge on any atom is -0.493 e. The molecule has 0 bridgehead atoms. The molecule has 0 saturated heterocycles. The highest BCUT2D eigenvalue weighted by atomic mass is 16.6. The van der Waals surface area contributed by atoms with E-state index in [0.29, 0.717) is 5.69 Å². The predicted octanol–water partition coefficient (Wildman–Crippen LogP) is 3.74. The van der Waals surface area contributed by atoms with Crippen LogP contribution >= 0.6 is 0 Å². The van der Waals surface area contributed by atoms with Gasteiger partial charge in [-0.3, -0.25) is 9.36 Å². The fraction of sp³-hybridized carbons (Fsp3) is 0.261. The molecule has 164 valence electrons. The van der Waals surface area contributed by atoms with E-state index >= 15 is 0 Å². The monoisotopic (exact) mass is 434 g/mol. The van der Waals surface area contributed by atoms with Crippen LogP contribution in [0.2, 0.25) is 0 Å². The Hall–Kier alpha value is -4.03. The zero-order valence-electron chi connectivity index (χ0n) is 17.7. The molecule has 2 aromatic rings. The maximum absolute atomic E-state index is 12.3. The molecule has 0 aliphatic heterocycles. The van der Waals surface area contributed by atoms with E-state index < -0.39 is 17.4 Å². The largest absolute Gasteiger partial charge is 0.493 e. The Labute approximate surface area is 184 Å². The van der Waals surface area contributed by atoms with E-state index in [1.54, 1.807) is 18.2 Å². The lowest BCUT2D eigenvalue weighted by atomic mass is 10.1. The van der Waals surface area contributed by atoms with Crippen molar-refractivity contribution in [1.82, 2.24) is 4.57 Å². The molecule has 1 unspecified atom stereocenters. The van der Waals surface area contributed by atoms with Crippen LogP contribution in [0.5, 0.6) is 5.88 Å². The smallest absolute Gasteiger partial charge is 0.338 e. The summed E-state index contributed by atoms with van der Waals surface area (Å²) < 4.78 is 11.8. The van der Waals surface area contributed by atoms with Gasteiger partial charge in [0.1, 0.15) is 18.2 Å². The van der Waals surface area contributed by atoms with Crippen molar-refractivity contribution in [3.63, 3.8) is 0 Å². The van der Waals surface area contributed by atoms with Crippen LogP contribution in [0.3, 0.4) is 0 Å². The number of allylic oxidation sites excluding steroid dienone is 2. The lowest BCUT2D eigenvalue weighted by molar-refractivity contribution is 0.0204. The lowest BCUT2D eigenvalue weighted by Gasteiger charge is -2.14. The summed E-state index contributed by atoms with van der Waals surface area (Å²) in [5.41, 5.74) is 0.0860. The molecule has 0 amide bonds. The first-order valence-electron chi connectivity index (χ1n) is 9.89. The number of pyridine rings is 1. The van der Waals surface area contributed by atoms with Gasteiger partial charge >= 0.3 is 5.97 Å². The molecule has 1 heterocycles. The number of ether oxygens (including phenoxy) is 2. The number of hydrogen-bond donors (Lipinski definition) is 1. The van der Waals surface area contributed by atoms with Gasteiger partial charge in [0.2, 0.25) is 5.88 Å². The van der Waals surface area contributed by atoms with E-state index in [9.17, 15) is 20.0 Å². The van der Waals surface area contributed by atoms with Crippen LogP contribution in [0.15, 0.2) is 63.6 Å². The maximum Gasteiger partial charge on any atom is 0.338 e. The predicted molar refractivity (Wildman–Crippen MR) is 116 cm³/mol. The number of carbonyl (C=O) groups is 1. The molecule has 0 radical (unpaired) electrons. The summed E-state index contributed by atoms with van der Waals surface area (Å²) in [6.45, 7) is 1.89. The molecule has 3 rings (SSSR count). The Balaban J connectivity index is 1.67. The van der Waals surface area contributed by atoms with Gasteiger partial charge in [-0.1, -0.05) is 30.4 Å². The number of esters is 1. The SMILES string of the molecule is Cc1c(/N=N/c2cccc(C(=O)OCCOC3C=CC=CC3)c2)c(O)n(C)c(=O)c1C#N. The molecule has 0 fully saturated rings. The van der Waals surface area contributed by atoms with Crippen LogP contribution in [0.1, 0.15) is 27.9 Å². The second kappa shape index (κ2) is 10.3. The fourth-order valence-corrected chi connectivity index (χ4v) is 3.02. The summed E-state index contributed by atoms with van der Waals surface area (Å²) in [5, 5.41) is 27.5. The average Bonchev–Trinajstić information content (AvgIpc) is 2.81. The molecule has 0 saturated carbocycles. The number of hydrogen-bond acceptors (Lipinski definition) is 8. The number of rotatable bonds is 7. The second-order valence-corrected chi connectivity index (χ2v) is 6.99. The minimum atomic E-state index is -0.619. The number of nitrogens with zero attached hydrogens (tertiary/aromatic N) is 4. The fourth-order valence-electron chi connectivity index (χ4n) is 3.02. The van der Waals surface area contributed by atoms with Gasteiger partial charge in [-0.15, -0.1) is 5.11 Å². The topological polar surface area (TPSA) is 126 Å². The molecule has 1 aliphatic rings. The van der Waals surface area contributed by atoms with Crippen molar-refractivity contribution in [3.8, 4) is 11.9 Å². The molecule has 1 N–H and O–H groups in total. The molecular formula is C23H22N4O5. The highest BCUT2D eigenvalue weighted by Gasteiger charge is 2.17. The van der Waals surface area contributed by atoms with Crippen molar-refractivity contribution in [2.24, 2.45) is 17.3 Å². The summed E-state index contributed by atoms with van der Waals surface area (Å²) in [6, 6.07) is 8.12. The van der Waals surface area contributed by atoms with Gasteiger partial charge in [0.25, 0.3) is 5.56 Å². The number of aromatic hydroxyl groups is 1. The Morgan fingerprint density at radius 1 is 1.31 bits per heavy atom. The first-order valence-corrected chi connectivity index (χ1v) is 9.89. The zero-order valence-corrected chi connectivity index (χ0v) is 17.7. The average molecular weight is 434 g/mol. The number of aromatic nitrogens is 1.